The molecule has 126 valence electrons. The van der Waals surface area contributed by atoms with Crippen LogP contribution < -0.4 is 5.32 Å². The van der Waals surface area contributed by atoms with Crippen LogP contribution >= 0.6 is 11.8 Å². The molecule has 0 radical (unpaired) electrons. The van der Waals surface area contributed by atoms with Gasteiger partial charge in [-0.25, -0.2) is 0 Å². The number of esters is 1. The molecule has 1 amide bonds. The Morgan fingerprint density at radius 3 is 2.43 bits per heavy atom. The van der Waals surface area contributed by atoms with E-state index in [1.165, 1.54) is 23.9 Å². The maximum Gasteiger partial charge on any atom is 0.316 e. The predicted molar refractivity (Wildman–Crippen MR) is 87.3 cm³/mol. The number of thioether (sulfide) groups is 1. The molecule has 8 heteroatoms. The molecule has 0 aliphatic carbocycles. The second-order valence-corrected chi connectivity index (χ2v) is 6.53. The minimum absolute atomic E-state index is 0.00728. The maximum absolute atomic E-state index is 11.6. The SMILES string of the molecule is CCC(C)(C)NC(=O)COC(=O)CSc1ccc([N+](=O)[O-])cc1. The van der Waals surface area contributed by atoms with Gasteiger partial charge in [-0.3, -0.25) is 19.7 Å². The first-order valence-electron chi connectivity index (χ1n) is 7.07. The van der Waals surface area contributed by atoms with Crippen LogP contribution in [0.15, 0.2) is 29.2 Å². The fourth-order valence-corrected chi connectivity index (χ4v) is 2.19. The number of hydrogen-bond donors (Lipinski definition) is 1. The van der Waals surface area contributed by atoms with Crippen LogP contribution in [0.4, 0.5) is 5.69 Å². The Kier molecular flexibility index (Phi) is 7.02. The molecule has 0 atom stereocenters. The summed E-state index contributed by atoms with van der Waals surface area (Å²) < 4.78 is 4.90. The van der Waals surface area contributed by atoms with Gasteiger partial charge in [-0.1, -0.05) is 6.92 Å². The van der Waals surface area contributed by atoms with Crippen LogP contribution in [-0.2, 0) is 14.3 Å². The number of non-ortho nitro benzene ring substituents is 1. The molecule has 1 aromatic rings. The molecule has 0 unspecified atom stereocenters. The van der Waals surface area contributed by atoms with Crippen molar-refractivity contribution in [2.45, 2.75) is 37.6 Å². The predicted octanol–water partition coefficient (Wildman–Crippen LogP) is 2.53. The number of amides is 1. The average molecular weight is 340 g/mol. The van der Waals surface area contributed by atoms with E-state index in [4.69, 9.17) is 4.74 Å². The Morgan fingerprint density at radius 2 is 1.91 bits per heavy atom. The zero-order valence-corrected chi connectivity index (χ0v) is 14.1. The minimum Gasteiger partial charge on any atom is -0.455 e. The first kappa shape index (κ1) is 19.0. The van der Waals surface area contributed by atoms with Crippen molar-refractivity contribution in [3.63, 3.8) is 0 Å². The van der Waals surface area contributed by atoms with Crippen LogP contribution in [0.25, 0.3) is 0 Å². The monoisotopic (exact) mass is 340 g/mol. The molecule has 1 aromatic carbocycles. The Bertz CT molecular complexity index is 572. The summed E-state index contributed by atoms with van der Waals surface area (Å²) in [7, 11) is 0. The lowest BCUT2D eigenvalue weighted by molar-refractivity contribution is -0.384. The number of nitro benzene ring substituents is 1. The molecular formula is C15H20N2O5S. The average Bonchev–Trinajstić information content (AvgIpc) is 2.51. The molecule has 0 saturated heterocycles. The minimum atomic E-state index is -0.516. The fourth-order valence-electron chi connectivity index (χ4n) is 1.50. The van der Waals surface area contributed by atoms with Gasteiger partial charge in [0.25, 0.3) is 11.6 Å². The Labute approximate surface area is 138 Å². The molecule has 0 aromatic heterocycles. The first-order valence-corrected chi connectivity index (χ1v) is 8.06. The Morgan fingerprint density at radius 1 is 1.30 bits per heavy atom. The van der Waals surface area contributed by atoms with Gasteiger partial charge in [-0.05, 0) is 32.4 Å². The van der Waals surface area contributed by atoms with Crippen molar-refractivity contribution in [2.24, 2.45) is 0 Å². The van der Waals surface area contributed by atoms with Gasteiger partial charge in [0, 0.05) is 22.6 Å². The second kappa shape index (κ2) is 8.52. The van der Waals surface area contributed by atoms with E-state index in [2.05, 4.69) is 5.32 Å². The molecule has 23 heavy (non-hydrogen) atoms. The highest BCUT2D eigenvalue weighted by molar-refractivity contribution is 8.00. The van der Waals surface area contributed by atoms with E-state index in [9.17, 15) is 19.7 Å². The molecular weight excluding hydrogens is 320 g/mol. The summed E-state index contributed by atoms with van der Waals surface area (Å²) in [5.41, 5.74) is -0.344. The third kappa shape index (κ3) is 7.14. The lowest BCUT2D eigenvalue weighted by Crippen LogP contribution is -2.44. The summed E-state index contributed by atoms with van der Waals surface area (Å²) in [5.74, 6) is -0.828. The third-order valence-electron chi connectivity index (χ3n) is 3.13. The van der Waals surface area contributed by atoms with E-state index < -0.39 is 10.9 Å². The van der Waals surface area contributed by atoms with Crippen molar-refractivity contribution >= 4 is 29.3 Å². The standard InChI is InChI=1S/C15H20N2O5S/c1-4-15(2,3)16-13(18)9-22-14(19)10-23-12-7-5-11(6-8-12)17(20)21/h5-8H,4,9-10H2,1-3H3,(H,16,18). The molecule has 0 heterocycles. The molecule has 0 bridgehead atoms. The van der Waals surface area contributed by atoms with Crippen LogP contribution in [0.2, 0.25) is 0 Å². The van der Waals surface area contributed by atoms with Crippen molar-refractivity contribution in [1.29, 1.82) is 0 Å². The topological polar surface area (TPSA) is 98.5 Å². The highest BCUT2D eigenvalue weighted by atomic mass is 32.2. The molecule has 1 rings (SSSR count). The zero-order valence-electron chi connectivity index (χ0n) is 13.3. The van der Waals surface area contributed by atoms with Crippen LogP contribution in [0.5, 0.6) is 0 Å². The van der Waals surface area contributed by atoms with Gasteiger partial charge in [0.05, 0.1) is 10.7 Å². The lowest BCUT2D eigenvalue weighted by Gasteiger charge is -2.24. The number of nitrogens with zero attached hydrogens (tertiary/aromatic N) is 1. The van der Waals surface area contributed by atoms with E-state index >= 15 is 0 Å². The summed E-state index contributed by atoms with van der Waals surface area (Å²) in [6, 6.07) is 5.86. The van der Waals surface area contributed by atoms with Gasteiger partial charge in [-0.2, -0.15) is 0 Å². The molecule has 0 aliphatic heterocycles. The summed E-state index contributed by atoms with van der Waals surface area (Å²) in [4.78, 5) is 34.0. The van der Waals surface area contributed by atoms with Gasteiger partial charge in [0.2, 0.25) is 0 Å². The smallest absolute Gasteiger partial charge is 0.316 e. The van der Waals surface area contributed by atoms with E-state index in [1.807, 2.05) is 20.8 Å². The fraction of sp³-hybridized carbons (Fsp3) is 0.467. The normalized spacial score (nSPS) is 10.9. The van der Waals surface area contributed by atoms with Crippen molar-refractivity contribution in [2.75, 3.05) is 12.4 Å². The Hall–Kier alpha value is -2.09. The van der Waals surface area contributed by atoms with Crippen molar-refractivity contribution in [1.82, 2.24) is 5.32 Å². The highest BCUT2D eigenvalue weighted by Gasteiger charge is 2.18. The number of rotatable bonds is 8. The van der Waals surface area contributed by atoms with E-state index in [0.29, 0.717) is 4.90 Å². The third-order valence-corrected chi connectivity index (χ3v) is 4.12. The summed E-state index contributed by atoms with van der Waals surface area (Å²) >= 11 is 1.19. The van der Waals surface area contributed by atoms with Gasteiger partial charge >= 0.3 is 5.97 Å². The van der Waals surface area contributed by atoms with Crippen molar-refractivity contribution in [3.8, 4) is 0 Å². The number of benzene rings is 1. The van der Waals surface area contributed by atoms with E-state index in [-0.39, 0.29) is 29.5 Å². The number of hydrogen-bond acceptors (Lipinski definition) is 6. The quantitative estimate of drug-likeness (QED) is 0.338. The van der Waals surface area contributed by atoms with Crippen LogP contribution in [0.1, 0.15) is 27.2 Å². The zero-order chi connectivity index (χ0) is 17.5. The lowest BCUT2D eigenvalue weighted by atomic mass is 10.0. The molecule has 0 spiro atoms. The maximum atomic E-state index is 11.6. The summed E-state index contributed by atoms with van der Waals surface area (Å²) in [6.45, 7) is 5.41. The van der Waals surface area contributed by atoms with Crippen molar-refractivity contribution < 1.29 is 19.2 Å². The molecule has 1 N–H and O–H groups in total. The molecule has 0 fully saturated rings. The number of carbonyl (C=O) groups excluding carboxylic acids is 2. The molecule has 0 saturated carbocycles. The van der Waals surface area contributed by atoms with E-state index in [1.54, 1.807) is 12.1 Å². The highest BCUT2D eigenvalue weighted by Crippen LogP contribution is 2.21. The number of nitrogens with one attached hydrogen (secondary N) is 1. The number of carbonyl (C=O) groups is 2. The second-order valence-electron chi connectivity index (χ2n) is 5.49. The Balaban J connectivity index is 2.34. The van der Waals surface area contributed by atoms with Crippen LogP contribution in [-0.4, -0.2) is 34.7 Å². The molecule has 7 nitrogen and oxygen atoms in total. The first-order chi connectivity index (χ1) is 10.7. The number of nitro groups is 1. The van der Waals surface area contributed by atoms with Crippen molar-refractivity contribution in [3.05, 3.63) is 34.4 Å². The van der Waals surface area contributed by atoms with Crippen LogP contribution in [0.3, 0.4) is 0 Å². The van der Waals surface area contributed by atoms with Gasteiger partial charge in [-0.15, -0.1) is 11.8 Å². The van der Waals surface area contributed by atoms with E-state index in [0.717, 1.165) is 6.42 Å². The van der Waals surface area contributed by atoms with Gasteiger partial charge < -0.3 is 10.1 Å². The van der Waals surface area contributed by atoms with Gasteiger partial charge in [0.15, 0.2) is 6.61 Å². The largest absolute Gasteiger partial charge is 0.455 e. The van der Waals surface area contributed by atoms with Gasteiger partial charge in [0.1, 0.15) is 0 Å². The molecule has 0 aliphatic rings. The summed E-state index contributed by atoms with van der Waals surface area (Å²) in [5, 5.41) is 13.3. The summed E-state index contributed by atoms with van der Waals surface area (Å²) in [6.07, 6.45) is 0.767. The number of ether oxygens (including phenoxy) is 1. The van der Waals surface area contributed by atoms with Crippen LogP contribution in [0, 0.1) is 10.1 Å².